The number of nitrogens with zero attached hydrogens (tertiary/aromatic N) is 7. The van der Waals surface area contributed by atoms with Crippen molar-refractivity contribution in [2.24, 2.45) is 0 Å². The summed E-state index contributed by atoms with van der Waals surface area (Å²) in [5, 5.41) is 23.6. The minimum Gasteiger partial charge on any atom is -0.423 e. The lowest BCUT2D eigenvalue weighted by atomic mass is 10.1. The first-order valence-electron chi connectivity index (χ1n) is 12.0. The van der Waals surface area contributed by atoms with Gasteiger partial charge in [0.2, 0.25) is 22.4 Å². The largest absolute Gasteiger partial charge is 0.423 e. The number of hydrogen-bond donors (Lipinski definition) is 3. The summed E-state index contributed by atoms with van der Waals surface area (Å²) < 4.78 is 49.4. The summed E-state index contributed by atoms with van der Waals surface area (Å²) in [4.78, 5) is 21.6. The molecule has 0 saturated heterocycles. The maximum absolute atomic E-state index is 15.8. The Labute approximate surface area is 225 Å². The van der Waals surface area contributed by atoms with E-state index in [1.54, 1.807) is 0 Å². The van der Waals surface area contributed by atoms with Crippen molar-refractivity contribution in [2.75, 3.05) is 24.3 Å². The van der Waals surface area contributed by atoms with Gasteiger partial charge in [0.1, 0.15) is 18.0 Å². The van der Waals surface area contributed by atoms with Crippen LogP contribution in [0.5, 0.6) is 0 Å². The molecule has 206 valence electrons. The van der Waals surface area contributed by atoms with Gasteiger partial charge < -0.3 is 20.2 Å². The molecule has 16 heteroatoms. The van der Waals surface area contributed by atoms with Gasteiger partial charge in [-0.25, -0.2) is 22.5 Å². The Morgan fingerprint density at radius 3 is 2.70 bits per heavy atom. The van der Waals surface area contributed by atoms with E-state index in [1.807, 2.05) is 30.3 Å². The molecule has 5 aromatic rings. The Hall–Kier alpha value is -4.67. The van der Waals surface area contributed by atoms with Gasteiger partial charge in [0.05, 0.1) is 29.3 Å². The highest BCUT2D eigenvalue weighted by Crippen LogP contribution is 2.31. The molecule has 2 aromatic carbocycles. The summed E-state index contributed by atoms with van der Waals surface area (Å²) in [5.74, 6) is -1.12. The molecule has 0 radical (unpaired) electrons. The van der Waals surface area contributed by atoms with Crippen molar-refractivity contribution in [3.63, 3.8) is 0 Å². The van der Waals surface area contributed by atoms with Crippen molar-refractivity contribution >= 4 is 38.4 Å². The van der Waals surface area contributed by atoms with Crippen LogP contribution in [0.15, 0.2) is 64.3 Å². The smallest absolute Gasteiger partial charge is 0.275 e. The fourth-order valence-electron chi connectivity index (χ4n) is 4.46. The average molecular weight is 568 g/mol. The summed E-state index contributed by atoms with van der Waals surface area (Å²) in [6.45, 7) is -0.501. The first-order valence-corrected chi connectivity index (χ1v) is 13.6. The van der Waals surface area contributed by atoms with Gasteiger partial charge in [-0.2, -0.15) is 9.29 Å². The van der Waals surface area contributed by atoms with Crippen molar-refractivity contribution in [1.82, 2.24) is 33.8 Å². The Morgan fingerprint density at radius 2 is 1.98 bits per heavy atom. The minimum absolute atomic E-state index is 0.0263. The van der Waals surface area contributed by atoms with E-state index < -0.39 is 33.3 Å². The predicted molar refractivity (Wildman–Crippen MR) is 141 cm³/mol. The number of nitrogens with one attached hydrogen (secondary N) is 2. The molecule has 0 spiro atoms. The van der Waals surface area contributed by atoms with Crippen molar-refractivity contribution in [2.45, 2.75) is 18.6 Å². The SMILES string of the molecule is CN1Cn2c(=O)c3ccc(Nc4ncc(-c5nnco5)c(N[C@H](CO)c5ccccc5)n4)c(F)c3n2CS1(=O)=O. The van der Waals surface area contributed by atoms with Crippen molar-refractivity contribution in [3.05, 3.63) is 76.8 Å². The van der Waals surface area contributed by atoms with E-state index in [-0.39, 0.29) is 47.5 Å². The van der Waals surface area contributed by atoms with Crippen molar-refractivity contribution in [3.8, 4) is 11.5 Å². The summed E-state index contributed by atoms with van der Waals surface area (Å²) in [6.07, 6.45) is 2.54. The molecule has 1 aliphatic heterocycles. The van der Waals surface area contributed by atoms with E-state index in [2.05, 4.69) is 30.8 Å². The minimum atomic E-state index is -3.73. The van der Waals surface area contributed by atoms with Gasteiger partial charge in [0.15, 0.2) is 11.7 Å². The van der Waals surface area contributed by atoms with E-state index in [1.165, 1.54) is 30.1 Å². The molecule has 6 rings (SSSR count). The van der Waals surface area contributed by atoms with Crippen molar-refractivity contribution < 1.29 is 22.3 Å². The maximum atomic E-state index is 15.8. The Kier molecular flexibility index (Phi) is 6.28. The number of rotatable bonds is 7. The van der Waals surface area contributed by atoms with Crippen LogP contribution in [0.2, 0.25) is 0 Å². The van der Waals surface area contributed by atoms with E-state index in [0.717, 1.165) is 20.9 Å². The molecule has 40 heavy (non-hydrogen) atoms. The summed E-state index contributed by atoms with van der Waals surface area (Å²) >= 11 is 0. The number of halogens is 1. The van der Waals surface area contributed by atoms with Gasteiger partial charge >= 0.3 is 0 Å². The first kappa shape index (κ1) is 25.6. The molecular weight excluding hydrogens is 545 g/mol. The summed E-state index contributed by atoms with van der Waals surface area (Å²) in [7, 11) is -2.38. The van der Waals surface area contributed by atoms with Gasteiger partial charge in [0.25, 0.3) is 11.4 Å². The monoisotopic (exact) mass is 567 g/mol. The maximum Gasteiger partial charge on any atom is 0.275 e. The average Bonchev–Trinajstić information content (AvgIpc) is 3.57. The summed E-state index contributed by atoms with van der Waals surface area (Å²) in [6, 6.07) is 11.4. The van der Waals surface area contributed by atoms with Crippen LogP contribution in [-0.4, -0.2) is 61.0 Å². The third kappa shape index (κ3) is 4.37. The quantitative estimate of drug-likeness (QED) is 0.262. The van der Waals surface area contributed by atoms with Crippen LogP contribution >= 0.6 is 0 Å². The number of sulfonamides is 1. The van der Waals surface area contributed by atoms with Gasteiger partial charge in [-0.15, -0.1) is 10.2 Å². The van der Waals surface area contributed by atoms with Crippen LogP contribution < -0.4 is 16.2 Å². The molecular formula is C24H22FN9O5S. The topological polar surface area (TPSA) is 173 Å². The highest BCUT2D eigenvalue weighted by atomic mass is 32.2. The highest BCUT2D eigenvalue weighted by Gasteiger charge is 2.31. The molecule has 0 bridgehead atoms. The number of fused-ring (bicyclic) bond motifs is 3. The standard InChI is InChI=1S/C24H22FN9O5S/c1-32-12-33-23(36)15-7-8-17(19(25)20(15)34(33)13-40(32,37)38)29-24-26-9-16(22-31-27-11-39-22)21(30-24)28-18(10-35)14-5-3-2-4-6-14/h2-9,11,18,35H,10,12-13H2,1H3,(H2,26,28,29,30)/t18-/m1/s1. The molecule has 1 aliphatic rings. The molecule has 0 fully saturated rings. The third-order valence-electron chi connectivity index (χ3n) is 6.55. The van der Waals surface area contributed by atoms with Gasteiger partial charge in [-0.3, -0.25) is 9.48 Å². The lowest BCUT2D eigenvalue weighted by Crippen LogP contribution is -2.43. The van der Waals surface area contributed by atoms with Crippen LogP contribution in [-0.2, 0) is 22.6 Å². The number of anilines is 3. The fraction of sp³-hybridized carbons (Fsp3) is 0.208. The molecule has 0 unspecified atom stereocenters. The Balaban J connectivity index is 1.40. The highest BCUT2D eigenvalue weighted by molar-refractivity contribution is 7.88. The van der Waals surface area contributed by atoms with E-state index >= 15 is 4.39 Å². The number of aliphatic hydroxyl groups is 1. The van der Waals surface area contributed by atoms with E-state index in [0.29, 0.717) is 5.56 Å². The lowest BCUT2D eigenvalue weighted by Gasteiger charge is -2.26. The number of benzene rings is 2. The summed E-state index contributed by atoms with van der Waals surface area (Å²) in [5.41, 5.74) is 0.385. The molecule has 14 nitrogen and oxygen atoms in total. The molecule has 0 saturated carbocycles. The van der Waals surface area contributed by atoms with E-state index in [9.17, 15) is 18.3 Å². The molecule has 0 aliphatic carbocycles. The van der Waals surface area contributed by atoms with Gasteiger partial charge in [-0.05, 0) is 17.7 Å². The van der Waals surface area contributed by atoms with Crippen LogP contribution in [0.1, 0.15) is 11.6 Å². The Morgan fingerprint density at radius 1 is 1.18 bits per heavy atom. The lowest BCUT2D eigenvalue weighted by molar-refractivity contribution is 0.276. The predicted octanol–water partition coefficient (Wildman–Crippen LogP) is 1.86. The first-order chi connectivity index (χ1) is 19.3. The second kappa shape index (κ2) is 9.82. The zero-order valence-corrected chi connectivity index (χ0v) is 21.7. The molecule has 1 atom stereocenters. The second-order valence-corrected chi connectivity index (χ2v) is 11.1. The Bertz CT molecular complexity index is 1870. The van der Waals surface area contributed by atoms with Crippen molar-refractivity contribution in [1.29, 1.82) is 0 Å². The zero-order chi connectivity index (χ0) is 28.0. The number of aliphatic hydroxyl groups excluding tert-OH is 1. The molecule has 3 aromatic heterocycles. The number of aromatic nitrogens is 6. The third-order valence-corrected chi connectivity index (χ3v) is 8.18. The van der Waals surface area contributed by atoms with Crippen LogP contribution in [0.4, 0.5) is 21.8 Å². The number of hydrogen-bond acceptors (Lipinski definition) is 11. The van der Waals surface area contributed by atoms with Crippen LogP contribution in [0.25, 0.3) is 22.4 Å². The van der Waals surface area contributed by atoms with Gasteiger partial charge in [-0.1, -0.05) is 30.3 Å². The molecule has 0 amide bonds. The zero-order valence-electron chi connectivity index (χ0n) is 20.9. The fourth-order valence-corrected chi connectivity index (χ4v) is 5.52. The molecule has 3 N–H and O–H groups in total. The van der Waals surface area contributed by atoms with Gasteiger partial charge in [0, 0.05) is 13.2 Å². The second-order valence-electron chi connectivity index (χ2n) is 9.02. The molecule has 4 heterocycles. The van der Waals surface area contributed by atoms with Crippen LogP contribution in [0.3, 0.4) is 0 Å². The normalized spacial score (nSPS) is 15.6. The van der Waals surface area contributed by atoms with E-state index in [4.69, 9.17) is 4.42 Å². The van der Waals surface area contributed by atoms with Crippen LogP contribution in [0, 0.1) is 5.82 Å².